The molecule has 0 aliphatic heterocycles. The highest BCUT2D eigenvalue weighted by atomic mass is 16.6. The fourth-order valence-electron chi connectivity index (χ4n) is 2.56. The number of aromatic nitrogens is 2. The zero-order valence-electron chi connectivity index (χ0n) is 15.1. The highest BCUT2D eigenvalue weighted by Crippen LogP contribution is 2.17. The van der Waals surface area contributed by atoms with E-state index in [1.54, 1.807) is 23.4 Å². The molecule has 0 bridgehead atoms. The molecule has 0 aliphatic carbocycles. The average molecular weight is 361 g/mol. The molecule has 0 saturated carbocycles. The Labute approximate surface area is 157 Å². The third-order valence-electron chi connectivity index (χ3n) is 3.83. The number of nitro benzene ring substituents is 1. The van der Waals surface area contributed by atoms with Crippen molar-refractivity contribution in [2.75, 3.05) is 5.01 Å². The van der Waals surface area contributed by atoms with Crippen molar-refractivity contribution in [1.82, 2.24) is 9.97 Å². The summed E-state index contributed by atoms with van der Waals surface area (Å²) >= 11 is 0. The molecule has 0 spiro atoms. The summed E-state index contributed by atoms with van der Waals surface area (Å²) in [6, 6.07) is 18.0. The molecule has 1 heterocycles. The Hall–Kier alpha value is -3.61. The van der Waals surface area contributed by atoms with Gasteiger partial charge in [-0.2, -0.15) is 5.10 Å². The summed E-state index contributed by atoms with van der Waals surface area (Å²) in [6.07, 6.45) is 1.74. The Morgan fingerprint density at radius 2 is 1.67 bits per heavy atom. The van der Waals surface area contributed by atoms with Gasteiger partial charge in [-0.25, -0.2) is 15.0 Å². The first-order valence-corrected chi connectivity index (χ1v) is 8.43. The van der Waals surface area contributed by atoms with Gasteiger partial charge in [0.25, 0.3) is 5.69 Å². The summed E-state index contributed by atoms with van der Waals surface area (Å²) in [5.41, 5.74) is 3.58. The maximum Gasteiger partial charge on any atom is 0.269 e. The number of rotatable bonds is 6. The first-order chi connectivity index (χ1) is 13.0. The van der Waals surface area contributed by atoms with E-state index in [1.165, 1.54) is 12.1 Å². The molecule has 3 rings (SSSR count). The molecule has 0 radical (unpaired) electrons. The molecule has 0 N–H and O–H groups in total. The molecule has 0 aliphatic rings. The van der Waals surface area contributed by atoms with Crippen LogP contribution in [-0.2, 0) is 6.54 Å². The van der Waals surface area contributed by atoms with Gasteiger partial charge in [-0.1, -0.05) is 42.5 Å². The number of hydrazone groups is 1. The van der Waals surface area contributed by atoms with Gasteiger partial charge in [0.2, 0.25) is 5.95 Å². The van der Waals surface area contributed by atoms with Crippen molar-refractivity contribution in [3.05, 3.63) is 93.3 Å². The van der Waals surface area contributed by atoms with Gasteiger partial charge in [0, 0.05) is 23.5 Å². The highest BCUT2D eigenvalue weighted by molar-refractivity contribution is 5.80. The van der Waals surface area contributed by atoms with Gasteiger partial charge in [-0.3, -0.25) is 10.1 Å². The fourth-order valence-corrected chi connectivity index (χ4v) is 2.56. The Bertz CT molecular complexity index is 936. The Morgan fingerprint density at radius 3 is 2.26 bits per heavy atom. The molecule has 0 unspecified atom stereocenters. The van der Waals surface area contributed by atoms with Crippen LogP contribution in [0.5, 0.6) is 0 Å². The van der Waals surface area contributed by atoms with Crippen molar-refractivity contribution in [2.24, 2.45) is 5.10 Å². The first-order valence-electron chi connectivity index (χ1n) is 8.43. The smallest absolute Gasteiger partial charge is 0.258 e. The lowest BCUT2D eigenvalue weighted by Gasteiger charge is -2.18. The van der Waals surface area contributed by atoms with Gasteiger partial charge in [-0.05, 0) is 31.0 Å². The number of non-ortho nitro benzene ring substituents is 1. The second-order valence-corrected chi connectivity index (χ2v) is 6.09. The van der Waals surface area contributed by atoms with E-state index in [0.29, 0.717) is 12.5 Å². The second kappa shape index (κ2) is 8.18. The van der Waals surface area contributed by atoms with Gasteiger partial charge in [0.05, 0.1) is 17.7 Å². The molecule has 0 amide bonds. The first kappa shape index (κ1) is 18.2. The van der Waals surface area contributed by atoms with Crippen LogP contribution in [0.15, 0.2) is 65.8 Å². The Kier molecular flexibility index (Phi) is 5.51. The summed E-state index contributed by atoms with van der Waals surface area (Å²) in [5, 5.41) is 17.1. The number of hydrogen-bond acceptors (Lipinski definition) is 6. The molecule has 136 valence electrons. The van der Waals surface area contributed by atoms with Crippen LogP contribution in [0.25, 0.3) is 0 Å². The number of benzene rings is 2. The van der Waals surface area contributed by atoms with Crippen molar-refractivity contribution >= 4 is 17.9 Å². The molecule has 7 heteroatoms. The lowest BCUT2D eigenvalue weighted by Crippen LogP contribution is -2.19. The highest BCUT2D eigenvalue weighted by Gasteiger charge is 2.12. The van der Waals surface area contributed by atoms with Crippen molar-refractivity contribution < 1.29 is 4.92 Å². The molecule has 0 fully saturated rings. The number of anilines is 1. The van der Waals surface area contributed by atoms with Crippen LogP contribution in [0.4, 0.5) is 11.6 Å². The van der Waals surface area contributed by atoms with E-state index in [4.69, 9.17) is 0 Å². The number of nitro groups is 1. The zero-order chi connectivity index (χ0) is 19.2. The summed E-state index contributed by atoms with van der Waals surface area (Å²) in [4.78, 5) is 19.4. The van der Waals surface area contributed by atoms with E-state index in [9.17, 15) is 10.1 Å². The van der Waals surface area contributed by atoms with Crippen LogP contribution in [0, 0.1) is 24.0 Å². The van der Waals surface area contributed by atoms with E-state index in [-0.39, 0.29) is 5.69 Å². The van der Waals surface area contributed by atoms with Gasteiger partial charge >= 0.3 is 0 Å². The van der Waals surface area contributed by atoms with Crippen LogP contribution in [0.3, 0.4) is 0 Å². The summed E-state index contributed by atoms with van der Waals surface area (Å²) in [6.45, 7) is 4.20. The maximum absolute atomic E-state index is 10.8. The Balaban J connectivity index is 1.91. The molecule has 27 heavy (non-hydrogen) atoms. The number of nitrogens with zero attached hydrogens (tertiary/aromatic N) is 5. The molecule has 0 saturated heterocycles. The second-order valence-electron chi connectivity index (χ2n) is 6.09. The normalized spacial score (nSPS) is 10.9. The number of hydrogen-bond donors (Lipinski definition) is 0. The lowest BCUT2D eigenvalue weighted by atomic mass is 10.2. The Morgan fingerprint density at radius 1 is 1.04 bits per heavy atom. The van der Waals surface area contributed by atoms with Gasteiger partial charge in [-0.15, -0.1) is 0 Å². The van der Waals surface area contributed by atoms with E-state index >= 15 is 0 Å². The third-order valence-corrected chi connectivity index (χ3v) is 3.83. The van der Waals surface area contributed by atoms with Crippen LogP contribution in [-0.4, -0.2) is 21.1 Å². The predicted molar refractivity (Wildman–Crippen MR) is 105 cm³/mol. The van der Waals surface area contributed by atoms with Gasteiger partial charge < -0.3 is 0 Å². The minimum Gasteiger partial charge on any atom is -0.258 e. The van der Waals surface area contributed by atoms with Crippen LogP contribution < -0.4 is 5.01 Å². The lowest BCUT2D eigenvalue weighted by molar-refractivity contribution is -0.384. The molecule has 0 atom stereocenters. The van der Waals surface area contributed by atoms with Gasteiger partial charge in [0.15, 0.2) is 0 Å². The molecule has 7 nitrogen and oxygen atoms in total. The molecule has 3 aromatic rings. The van der Waals surface area contributed by atoms with E-state index in [0.717, 1.165) is 22.5 Å². The predicted octanol–water partition coefficient (Wildman–Crippen LogP) is 4.04. The van der Waals surface area contributed by atoms with Crippen LogP contribution in [0.1, 0.15) is 22.5 Å². The van der Waals surface area contributed by atoms with Crippen LogP contribution >= 0.6 is 0 Å². The molecular formula is C20H19N5O2. The maximum atomic E-state index is 10.8. The van der Waals surface area contributed by atoms with Crippen molar-refractivity contribution in [3.8, 4) is 0 Å². The summed E-state index contributed by atoms with van der Waals surface area (Å²) < 4.78 is 0. The van der Waals surface area contributed by atoms with Crippen molar-refractivity contribution in [2.45, 2.75) is 20.4 Å². The van der Waals surface area contributed by atoms with Crippen molar-refractivity contribution in [1.29, 1.82) is 0 Å². The summed E-state index contributed by atoms with van der Waals surface area (Å²) in [7, 11) is 0. The van der Waals surface area contributed by atoms with Gasteiger partial charge in [0.1, 0.15) is 0 Å². The molecule has 1 aromatic heterocycles. The van der Waals surface area contributed by atoms with Crippen LogP contribution in [0.2, 0.25) is 0 Å². The topological polar surface area (TPSA) is 84.5 Å². The van der Waals surface area contributed by atoms with E-state index < -0.39 is 4.92 Å². The number of aryl methyl sites for hydroxylation is 2. The zero-order valence-corrected chi connectivity index (χ0v) is 15.1. The minimum atomic E-state index is -0.415. The monoisotopic (exact) mass is 361 g/mol. The van der Waals surface area contributed by atoms with E-state index in [1.807, 2.05) is 50.2 Å². The third kappa shape index (κ3) is 4.94. The standard InChI is InChI=1S/C20H19N5O2/c1-15-12-16(2)23-20(22-15)24(21-13-17-6-4-3-5-7-17)14-18-8-10-19(11-9-18)25(26)27/h3-13H,14H2,1-2H3/b21-13+. The SMILES string of the molecule is Cc1cc(C)nc(N(Cc2ccc([N+](=O)[O-])cc2)/N=C/c2ccccc2)n1. The average Bonchev–Trinajstić information content (AvgIpc) is 2.65. The largest absolute Gasteiger partial charge is 0.269 e. The van der Waals surface area contributed by atoms with E-state index in [2.05, 4.69) is 15.1 Å². The molecular weight excluding hydrogens is 342 g/mol. The summed E-state index contributed by atoms with van der Waals surface area (Å²) in [5.74, 6) is 0.484. The molecule has 2 aromatic carbocycles. The quantitative estimate of drug-likeness (QED) is 0.376. The van der Waals surface area contributed by atoms with Crippen molar-refractivity contribution in [3.63, 3.8) is 0 Å². The minimum absolute atomic E-state index is 0.0562. The fraction of sp³-hybridized carbons (Fsp3) is 0.150.